The predicted molar refractivity (Wildman–Crippen MR) is 119 cm³/mol. The number of rotatable bonds is 7. The number of aliphatic imine (C=N–C) groups is 1. The molecule has 0 amide bonds. The average Bonchev–Trinajstić information content (AvgIpc) is 3.04. The summed E-state index contributed by atoms with van der Waals surface area (Å²) in [6, 6.07) is 12.7. The van der Waals surface area contributed by atoms with Gasteiger partial charge in [-0.2, -0.15) is 0 Å². The highest BCUT2D eigenvalue weighted by atomic mass is 127. The number of H-pyrrole nitrogens is 1. The van der Waals surface area contributed by atoms with Gasteiger partial charge in [0.25, 0.3) is 0 Å². The lowest BCUT2D eigenvalue weighted by Crippen LogP contribution is -2.33. The highest BCUT2D eigenvalue weighted by molar-refractivity contribution is 14.0. The molecule has 0 fully saturated rings. The number of hydrogen-bond acceptors (Lipinski definition) is 2. The third kappa shape index (κ3) is 5.85. The predicted octanol–water partition coefficient (Wildman–Crippen LogP) is 3.62. The maximum Gasteiger partial charge on any atom is 0.188 e. The minimum Gasteiger partial charge on any atom is -0.497 e. The summed E-state index contributed by atoms with van der Waals surface area (Å²) < 4.78 is 18.4. The van der Waals surface area contributed by atoms with Crippen molar-refractivity contribution < 1.29 is 9.13 Å². The third-order valence-electron chi connectivity index (χ3n) is 4.27. The molecule has 0 aliphatic carbocycles. The molecule has 1 aromatic heterocycles. The highest BCUT2D eigenvalue weighted by Gasteiger charge is 2.04. The second kappa shape index (κ2) is 10.1. The normalized spacial score (nSPS) is 11.3. The number of benzene rings is 2. The standard InChI is InChI=1S/C20H23FN4O.HI/c1-26-17-5-2-14(3-6-17)8-10-23-20(22)24-11-9-15-13-25-19-12-16(21)4-7-18(15)19;/h2-7,12-13,25H,8-11H2,1H3,(H3,22,23,24);1H. The maximum atomic E-state index is 13.2. The molecule has 2 aromatic carbocycles. The molecule has 144 valence electrons. The summed E-state index contributed by atoms with van der Waals surface area (Å²) in [5.41, 5.74) is 9.03. The minimum atomic E-state index is -0.241. The summed E-state index contributed by atoms with van der Waals surface area (Å²) in [5.74, 6) is 1.04. The van der Waals surface area contributed by atoms with Crippen molar-refractivity contribution in [2.75, 3.05) is 20.2 Å². The van der Waals surface area contributed by atoms with Crippen LogP contribution >= 0.6 is 24.0 Å². The lowest BCUT2D eigenvalue weighted by Gasteiger charge is -2.06. The Hall–Kier alpha value is -2.29. The van der Waals surface area contributed by atoms with Crippen molar-refractivity contribution in [2.24, 2.45) is 10.7 Å². The molecule has 7 heteroatoms. The SMILES string of the molecule is COc1ccc(CCNC(N)=NCCc2c[nH]c3cc(F)ccc23)cc1.I. The van der Waals surface area contributed by atoms with E-state index in [1.807, 2.05) is 30.5 Å². The number of nitrogens with zero attached hydrogens (tertiary/aromatic N) is 1. The van der Waals surface area contributed by atoms with Crippen LogP contribution < -0.4 is 15.8 Å². The van der Waals surface area contributed by atoms with Gasteiger partial charge in [0.15, 0.2) is 5.96 Å². The van der Waals surface area contributed by atoms with Crippen LogP contribution in [0, 0.1) is 5.82 Å². The Labute approximate surface area is 175 Å². The second-order valence-corrected chi connectivity index (χ2v) is 6.05. The van der Waals surface area contributed by atoms with Gasteiger partial charge >= 0.3 is 0 Å². The molecule has 4 N–H and O–H groups in total. The molecule has 27 heavy (non-hydrogen) atoms. The van der Waals surface area contributed by atoms with Crippen LogP contribution in [0.3, 0.4) is 0 Å². The van der Waals surface area contributed by atoms with E-state index in [9.17, 15) is 4.39 Å². The van der Waals surface area contributed by atoms with Gasteiger partial charge < -0.3 is 20.8 Å². The first-order valence-electron chi connectivity index (χ1n) is 8.58. The first-order chi connectivity index (χ1) is 12.7. The van der Waals surface area contributed by atoms with Gasteiger partial charge in [0.2, 0.25) is 0 Å². The first-order valence-corrected chi connectivity index (χ1v) is 8.58. The van der Waals surface area contributed by atoms with Crippen molar-refractivity contribution in [1.29, 1.82) is 0 Å². The number of methoxy groups -OCH3 is 1. The zero-order valence-electron chi connectivity index (χ0n) is 15.2. The van der Waals surface area contributed by atoms with Crippen molar-refractivity contribution >= 4 is 40.8 Å². The molecule has 0 aliphatic heterocycles. The molecule has 0 bridgehead atoms. The van der Waals surface area contributed by atoms with Crippen molar-refractivity contribution in [3.8, 4) is 5.75 Å². The smallest absolute Gasteiger partial charge is 0.188 e. The number of guanidine groups is 1. The van der Waals surface area contributed by atoms with Gasteiger partial charge in [0, 0.05) is 30.2 Å². The van der Waals surface area contributed by atoms with E-state index in [-0.39, 0.29) is 29.8 Å². The number of nitrogens with two attached hydrogens (primary N) is 1. The molecule has 0 spiro atoms. The fraction of sp³-hybridized carbons (Fsp3) is 0.250. The molecule has 0 radical (unpaired) electrons. The molecule has 0 atom stereocenters. The maximum absolute atomic E-state index is 13.2. The number of nitrogens with one attached hydrogen (secondary N) is 2. The molecule has 3 aromatic rings. The monoisotopic (exact) mass is 482 g/mol. The first kappa shape index (κ1) is 21.0. The average molecular weight is 482 g/mol. The van der Waals surface area contributed by atoms with E-state index in [2.05, 4.69) is 15.3 Å². The van der Waals surface area contributed by atoms with Crippen molar-refractivity contribution in [3.05, 3.63) is 65.6 Å². The van der Waals surface area contributed by atoms with Crippen molar-refractivity contribution in [3.63, 3.8) is 0 Å². The summed E-state index contributed by atoms with van der Waals surface area (Å²) in [4.78, 5) is 7.44. The van der Waals surface area contributed by atoms with Crippen LogP contribution in [-0.2, 0) is 12.8 Å². The molecular formula is C20H24FIN4O. The van der Waals surface area contributed by atoms with Crippen molar-refractivity contribution in [2.45, 2.75) is 12.8 Å². The second-order valence-electron chi connectivity index (χ2n) is 6.05. The van der Waals surface area contributed by atoms with Gasteiger partial charge in [-0.3, -0.25) is 4.99 Å². The van der Waals surface area contributed by atoms with E-state index < -0.39 is 0 Å². The van der Waals surface area contributed by atoms with E-state index in [0.29, 0.717) is 19.0 Å². The Kier molecular flexibility index (Phi) is 7.90. The Morgan fingerprint density at radius 2 is 1.96 bits per heavy atom. The number of fused-ring (bicyclic) bond motifs is 1. The minimum absolute atomic E-state index is 0. The molecule has 0 unspecified atom stereocenters. The Balaban J connectivity index is 0.00000261. The van der Waals surface area contributed by atoms with Gasteiger partial charge in [-0.1, -0.05) is 12.1 Å². The summed E-state index contributed by atoms with van der Waals surface area (Å²) in [6.07, 6.45) is 3.49. The van der Waals surface area contributed by atoms with Gasteiger partial charge in [-0.15, -0.1) is 24.0 Å². The Bertz CT molecular complexity index is 893. The molecule has 0 saturated carbocycles. The van der Waals surface area contributed by atoms with Crippen LogP contribution in [-0.4, -0.2) is 31.1 Å². The number of hydrogen-bond donors (Lipinski definition) is 3. The van der Waals surface area contributed by atoms with Gasteiger partial charge in [-0.05, 0) is 54.3 Å². The van der Waals surface area contributed by atoms with Crippen LogP contribution in [0.4, 0.5) is 4.39 Å². The lowest BCUT2D eigenvalue weighted by molar-refractivity contribution is 0.414. The third-order valence-corrected chi connectivity index (χ3v) is 4.27. The van der Waals surface area contributed by atoms with Crippen LogP contribution in [0.1, 0.15) is 11.1 Å². The summed E-state index contributed by atoms with van der Waals surface area (Å²) in [6.45, 7) is 1.29. The Morgan fingerprint density at radius 1 is 1.19 bits per heavy atom. The van der Waals surface area contributed by atoms with Crippen LogP contribution in [0.25, 0.3) is 10.9 Å². The summed E-state index contributed by atoms with van der Waals surface area (Å²) in [7, 11) is 1.66. The largest absolute Gasteiger partial charge is 0.497 e. The number of aromatic amines is 1. The van der Waals surface area contributed by atoms with E-state index in [1.54, 1.807) is 13.2 Å². The van der Waals surface area contributed by atoms with Gasteiger partial charge in [0.05, 0.1) is 7.11 Å². The topological polar surface area (TPSA) is 75.4 Å². The van der Waals surface area contributed by atoms with Gasteiger partial charge in [-0.25, -0.2) is 4.39 Å². The van der Waals surface area contributed by atoms with Gasteiger partial charge in [0.1, 0.15) is 11.6 Å². The molecular weight excluding hydrogens is 458 g/mol. The zero-order valence-corrected chi connectivity index (χ0v) is 17.5. The Morgan fingerprint density at radius 3 is 2.70 bits per heavy atom. The number of ether oxygens (including phenoxy) is 1. The van der Waals surface area contributed by atoms with Crippen LogP contribution in [0.15, 0.2) is 53.7 Å². The van der Waals surface area contributed by atoms with Crippen molar-refractivity contribution in [1.82, 2.24) is 10.3 Å². The quantitative estimate of drug-likeness (QED) is 0.274. The van der Waals surface area contributed by atoms with E-state index >= 15 is 0 Å². The van der Waals surface area contributed by atoms with Crippen LogP contribution in [0.5, 0.6) is 5.75 Å². The van der Waals surface area contributed by atoms with E-state index in [0.717, 1.165) is 35.1 Å². The zero-order chi connectivity index (χ0) is 18.4. The summed E-state index contributed by atoms with van der Waals surface area (Å²) in [5, 5.41) is 4.14. The molecule has 5 nitrogen and oxygen atoms in total. The number of aromatic nitrogens is 1. The fourth-order valence-electron chi connectivity index (χ4n) is 2.85. The van der Waals surface area contributed by atoms with E-state index in [4.69, 9.17) is 10.5 Å². The molecule has 0 saturated heterocycles. The lowest BCUT2D eigenvalue weighted by atomic mass is 10.1. The highest BCUT2D eigenvalue weighted by Crippen LogP contribution is 2.19. The van der Waals surface area contributed by atoms with E-state index in [1.165, 1.54) is 17.7 Å². The molecule has 1 heterocycles. The van der Waals surface area contributed by atoms with Crippen LogP contribution in [0.2, 0.25) is 0 Å². The number of halogens is 2. The molecule has 0 aliphatic rings. The summed E-state index contributed by atoms with van der Waals surface area (Å²) >= 11 is 0. The fourth-order valence-corrected chi connectivity index (χ4v) is 2.85. The molecule has 3 rings (SSSR count).